The molecule has 3 heterocycles. The summed E-state index contributed by atoms with van der Waals surface area (Å²) >= 11 is 0. The molecular formula is C15H17F2N5O2. The molecule has 128 valence electrons. The molecule has 9 heteroatoms. The van der Waals surface area contributed by atoms with Gasteiger partial charge in [0.05, 0.1) is 6.20 Å². The fourth-order valence-corrected chi connectivity index (χ4v) is 2.85. The Morgan fingerprint density at radius 3 is 2.54 bits per heavy atom. The number of likely N-dealkylation sites (tertiary alicyclic amines) is 1. The van der Waals surface area contributed by atoms with Gasteiger partial charge in [-0.1, -0.05) is 0 Å². The summed E-state index contributed by atoms with van der Waals surface area (Å²) in [6.07, 6.45) is 1.48. The third-order valence-electron chi connectivity index (χ3n) is 4.28. The molecule has 0 unspecified atom stereocenters. The van der Waals surface area contributed by atoms with Crippen LogP contribution >= 0.6 is 0 Å². The molecule has 1 saturated heterocycles. The predicted molar refractivity (Wildman–Crippen MR) is 81.3 cm³/mol. The van der Waals surface area contributed by atoms with Crippen LogP contribution in [0.5, 0.6) is 0 Å². The van der Waals surface area contributed by atoms with Gasteiger partial charge in [0.15, 0.2) is 11.5 Å². The largest absolute Gasteiger partial charge is 0.349 e. The van der Waals surface area contributed by atoms with Crippen LogP contribution in [-0.4, -0.2) is 65.3 Å². The third kappa shape index (κ3) is 2.70. The number of rotatable bonds is 1. The number of amides is 2. The van der Waals surface area contributed by atoms with E-state index in [2.05, 4.69) is 15.3 Å². The standard InChI is InChI=1S/C15H17F2N5O2/c1-21(2)14-19-13(24)15(20-14)3-5-22(6-4-15)12(23)11-10(17)7-9(16)8-18-11/h7-8H,3-6H2,1-2H3,(H,19,20,24). The molecule has 7 nitrogen and oxygen atoms in total. The molecule has 0 radical (unpaired) electrons. The number of hydrogen-bond donors (Lipinski definition) is 1. The van der Waals surface area contributed by atoms with Crippen molar-refractivity contribution in [2.24, 2.45) is 4.99 Å². The molecule has 0 bridgehead atoms. The number of guanidine groups is 1. The van der Waals surface area contributed by atoms with Gasteiger partial charge in [-0.2, -0.15) is 0 Å². The van der Waals surface area contributed by atoms with Crippen molar-refractivity contribution in [3.63, 3.8) is 0 Å². The van der Waals surface area contributed by atoms with Crippen molar-refractivity contribution >= 4 is 17.8 Å². The summed E-state index contributed by atoms with van der Waals surface area (Å²) in [4.78, 5) is 35.7. The quantitative estimate of drug-likeness (QED) is 0.804. The van der Waals surface area contributed by atoms with E-state index in [9.17, 15) is 18.4 Å². The monoisotopic (exact) mass is 337 g/mol. The highest BCUT2D eigenvalue weighted by molar-refractivity contribution is 6.07. The lowest BCUT2D eigenvalue weighted by Gasteiger charge is -2.35. The van der Waals surface area contributed by atoms with Crippen LogP contribution in [0.2, 0.25) is 0 Å². The molecular weight excluding hydrogens is 320 g/mol. The van der Waals surface area contributed by atoms with Crippen molar-refractivity contribution in [3.8, 4) is 0 Å². The minimum Gasteiger partial charge on any atom is -0.349 e. The average Bonchev–Trinajstić information content (AvgIpc) is 2.85. The van der Waals surface area contributed by atoms with Crippen molar-refractivity contribution in [1.82, 2.24) is 20.1 Å². The molecule has 1 aromatic rings. The summed E-state index contributed by atoms with van der Waals surface area (Å²) in [7, 11) is 3.56. The van der Waals surface area contributed by atoms with Crippen LogP contribution in [0, 0.1) is 11.6 Å². The van der Waals surface area contributed by atoms with Gasteiger partial charge in [0.2, 0.25) is 5.96 Å². The van der Waals surface area contributed by atoms with Gasteiger partial charge < -0.3 is 9.80 Å². The van der Waals surface area contributed by atoms with Gasteiger partial charge in [0.25, 0.3) is 11.8 Å². The van der Waals surface area contributed by atoms with Crippen LogP contribution in [0.1, 0.15) is 23.3 Å². The summed E-state index contributed by atoms with van der Waals surface area (Å²) in [6, 6.07) is 0.629. The van der Waals surface area contributed by atoms with Crippen molar-refractivity contribution in [3.05, 3.63) is 29.6 Å². The number of aromatic nitrogens is 1. The Labute approximate surface area is 137 Å². The molecule has 0 aliphatic carbocycles. The van der Waals surface area contributed by atoms with E-state index < -0.39 is 28.8 Å². The summed E-state index contributed by atoms with van der Waals surface area (Å²) < 4.78 is 26.6. The molecule has 1 N–H and O–H groups in total. The maximum atomic E-state index is 13.7. The lowest BCUT2D eigenvalue weighted by Crippen LogP contribution is -2.50. The maximum Gasteiger partial charge on any atom is 0.275 e. The SMILES string of the molecule is CN(C)C1=NC2(CCN(C(=O)c3ncc(F)cc3F)CC2)C(=O)N1. The van der Waals surface area contributed by atoms with Crippen molar-refractivity contribution in [2.75, 3.05) is 27.2 Å². The second-order valence-electron chi connectivity index (χ2n) is 6.09. The molecule has 2 aliphatic rings. The lowest BCUT2D eigenvalue weighted by atomic mass is 9.88. The Hall–Kier alpha value is -2.58. The highest BCUT2D eigenvalue weighted by Gasteiger charge is 2.47. The van der Waals surface area contributed by atoms with E-state index >= 15 is 0 Å². The third-order valence-corrected chi connectivity index (χ3v) is 4.28. The number of halogens is 2. The van der Waals surface area contributed by atoms with Crippen LogP contribution in [-0.2, 0) is 4.79 Å². The summed E-state index contributed by atoms with van der Waals surface area (Å²) in [5.74, 6) is -2.14. The highest BCUT2D eigenvalue weighted by Crippen LogP contribution is 2.30. The Morgan fingerprint density at radius 2 is 2.00 bits per heavy atom. The minimum atomic E-state index is -0.994. The van der Waals surface area contributed by atoms with E-state index in [-0.39, 0.29) is 19.0 Å². The Morgan fingerprint density at radius 1 is 1.33 bits per heavy atom. The molecule has 24 heavy (non-hydrogen) atoms. The number of carbonyl (C=O) groups excluding carboxylic acids is 2. The maximum absolute atomic E-state index is 13.7. The summed E-state index contributed by atoms with van der Waals surface area (Å²) in [5, 5.41) is 2.72. The van der Waals surface area contributed by atoms with Crippen molar-refractivity contribution < 1.29 is 18.4 Å². The van der Waals surface area contributed by atoms with Crippen molar-refractivity contribution in [2.45, 2.75) is 18.4 Å². The fraction of sp³-hybridized carbons (Fsp3) is 0.467. The lowest BCUT2D eigenvalue weighted by molar-refractivity contribution is -0.125. The summed E-state index contributed by atoms with van der Waals surface area (Å²) in [6.45, 7) is 0.490. The molecule has 3 rings (SSSR count). The van der Waals surface area contributed by atoms with Gasteiger partial charge in [-0.3, -0.25) is 14.9 Å². The summed E-state index contributed by atoms with van der Waals surface area (Å²) in [5.41, 5.74) is -1.30. The van der Waals surface area contributed by atoms with Gasteiger partial charge in [0, 0.05) is 33.3 Å². The van der Waals surface area contributed by atoms with Gasteiger partial charge in [0.1, 0.15) is 11.4 Å². The minimum absolute atomic E-state index is 0.190. The average molecular weight is 337 g/mol. The second-order valence-corrected chi connectivity index (χ2v) is 6.09. The number of pyridine rings is 1. The number of piperidine rings is 1. The van der Waals surface area contributed by atoms with E-state index in [0.717, 1.165) is 6.20 Å². The van der Waals surface area contributed by atoms with Crippen molar-refractivity contribution in [1.29, 1.82) is 0 Å². The van der Waals surface area contributed by atoms with Crippen LogP contribution < -0.4 is 5.32 Å². The normalized spacial score (nSPS) is 19.2. The molecule has 0 aromatic carbocycles. The number of hydrogen-bond acceptors (Lipinski definition) is 5. The van der Waals surface area contributed by atoms with E-state index in [1.807, 2.05) is 0 Å². The smallest absolute Gasteiger partial charge is 0.275 e. The van der Waals surface area contributed by atoms with Crippen LogP contribution in [0.15, 0.2) is 17.3 Å². The number of nitrogens with one attached hydrogen (secondary N) is 1. The Kier molecular flexibility index (Phi) is 3.94. The van der Waals surface area contributed by atoms with Gasteiger partial charge in [-0.15, -0.1) is 0 Å². The van der Waals surface area contributed by atoms with Crippen LogP contribution in [0.25, 0.3) is 0 Å². The van der Waals surface area contributed by atoms with Crippen LogP contribution in [0.4, 0.5) is 8.78 Å². The van der Waals surface area contributed by atoms with Gasteiger partial charge in [-0.25, -0.2) is 18.8 Å². The zero-order valence-corrected chi connectivity index (χ0v) is 13.3. The first kappa shape index (κ1) is 16.3. The first-order valence-electron chi connectivity index (χ1n) is 7.51. The van der Waals surface area contributed by atoms with E-state index in [4.69, 9.17) is 0 Å². The Balaban J connectivity index is 1.73. The van der Waals surface area contributed by atoms with Gasteiger partial charge in [-0.05, 0) is 12.8 Å². The van der Waals surface area contributed by atoms with E-state index in [1.54, 1.807) is 19.0 Å². The molecule has 0 saturated carbocycles. The number of aliphatic imine (C=N–C) groups is 1. The molecule has 1 fully saturated rings. The molecule has 2 aliphatic heterocycles. The fourth-order valence-electron chi connectivity index (χ4n) is 2.85. The first-order chi connectivity index (χ1) is 11.3. The first-order valence-corrected chi connectivity index (χ1v) is 7.51. The zero-order valence-electron chi connectivity index (χ0n) is 13.3. The number of carbonyl (C=O) groups is 2. The topological polar surface area (TPSA) is 77.9 Å². The predicted octanol–water partition coefficient (Wildman–Crippen LogP) is 0.382. The zero-order chi connectivity index (χ0) is 17.5. The molecule has 2 amide bonds. The number of nitrogens with zero attached hydrogens (tertiary/aromatic N) is 4. The van der Waals surface area contributed by atoms with Gasteiger partial charge >= 0.3 is 0 Å². The van der Waals surface area contributed by atoms with Crippen LogP contribution in [0.3, 0.4) is 0 Å². The molecule has 0 atom stereocenters. The molecule has 1 spiro atoms. The Bertz CT molecular complexity index is 727. The second kappa shape index (κ2) is 5.81. The molecule has 1 aromatic heterocycles. The van der Waals surface area contributed by atoms with E-state index in [1.165, 1.54) is 4.90 Å². The van der Waals surface area contributed by atoms with E-state index in [0.29, 0.717) is 24.9 Å². The highest BCUT2D eigenvalue weighted by atomic mass is 19.1.